The highest BCUT2D eigenvalue weighted by atomic mass is 16.1. The lowest BCUT2D eigenvalue weighted by Gasteiger charge is -2.08. The Morgan fingerprint density at radius 3 is 2.75 bits per heavy atom. The lowest BCUT2D eigenvalue weighted by atomic mass is 10.0. The van der Waals surface area contributed by atoms with Gasteiger partial charge < -0.3 is 5.32 Å². The first-order valence-electron chi connectivity index (χ1n) is 6.18. The molecule has 3 unspecified atom stereocenters. The fraction of sp³-hybridized carbons (Fsp3) is 0.500. The molecule has 84 valence electrons. The average molecular weight is 215 g/mol. The van der Waals surface area contributed by atoms with E-state index in [2.05, 4.69) is 29.6 Å². The van der Waals surface area contributed by atoms with Crippen LogP contribution in [0.4, 0.5) is 0 Å². The Hall–Kier alpha value is -1.15. The second-order valence-corrected chi connectivity index (χ2v) is 4.91. The van der Waals surface area contributed by atoms with E-state index >= 15 is 0 Å². The molecule has 2 fully saturated rings. The number of ketones is 1. The number of hydrogen-bond acceptors (Lipinski definition) is 2. The van der Waals surface area contributed by atoms with Crippen molar-refractivity contribution in [2.24, 2.45) is 5.92 Å². The quantitative estimate of drug-likeness (QED) is 0.836. The van der Waals surface area contributed by atoms with Crippen LogP contribution in [0.1, 0.15) is 30.7 Å². The Morgan fingerprint density at radius 2 is 2.06 bits per heavy atom. The molecule has 3 atom stereocenters. The Labute approximate surface area is 96.1 Å². The molecule has 1 aliphatic heterocycles. The third-order valence-corrected chi connectivity index (χ3v) is 3.79. The smallest absolute Gasteiger partial charge is 0.153 e. The number of carbonyl (C=O) groups is 1. The van der Waals surface area contributed by atoms with Crippen molar-refractivity contribution in [2.45, 2.75) is 31.2 Å². The van der Waals surface area contributed by atoms with E-state index in [0.717, 1.165) is 25.8 Å². The molecule has 2 heteroatoms. The largest absolute Gasteiger partial charge is 0.307 e. The van der Waals surface area contributed by atoms with Crippen LogP contribution in [0.3, 0.4) is 0 Å². The highest BCUT2D eigenvalue weighted by Gasteiger charge is 2.46. The number of nitrogens with one attached hydrogen (secondary N) is 1. The molecule has 1 N–H and O–H groups in total. The molecule has 16 heavy (non-hydrogen) atoms. The molecule has 1 saturated carbocycles. The summed E-state index contributed by atoms with van der Waals surface area (Å²) in [5, 5.41) is 3.30. The van der Waals surface area contributed by atoms with E-state index in [-0.39, 0.29) is 12.0 Å². The molecule has 1 aromatic rings. The first-order chi connectivity index (χ1) is 7.86. The number of hydrogen-bond donors (Lipinski definition) is 1. The van der Waals surface area contributed by atoms with Crippen LogP contribution >= 0.6 is 0 Å². The Kier molecular flexibility index (Phi) is 2.52. The van der Waals surface area contributed by atoms with Crippen molar-refractivity contribution in [3.63, 3.8) is 0 Å². The molecule has 0 spiro atoms. The van der Waals surface area contributed by atoms with Crippen LogP contribution in [-0.2, 0) is 4.79 Å². The second-order valence-electron chi connectivity index (χ2n) is 4.91. The van der Waals surface area contributed by atoms with Gasteiger partial charge in [0.15, 0.2) is 5.78 Å². The maximum Gasteiger partial charge on any atom is 0.153 e. The third-order valence-electron chi connectivity index (χ3n) is 3.79. The van der Waals surface area contributed by atoms with Gasteiger partial charge in [0.2, 0.25) is 0 Å². The normalized spacial score (nSPS) is 32.6. The maximum atomic E-state index is 12.1. The topological polar surface area (TPSA) is 29.1 Å². The summed E-state index contributed by atoms with van der Waals surface area (Å²) in [6.07, 6.45) is 3.25. The van der Waals surface area contributed by atoms with Crippen LogP contribution in [0.15, 0.2) is 30.3 Å². The van der Waals surface area contributed by atoms with Gasteiger partial charge >= 0.3 is 0 Å². The van der Waals surface area contributed by atoms with E-state index in [4.69, 9.17) is 0 Å². The number of carbonyl (C=O) groups excluding carboxylic acids is 1. The monoisotopic (exact) mass is 215 g/mol. The van der Waals surface area contributed by atoms with Gasteiger partial charge in [0.05, 0.1) is 6.04 Å². The minimum atomic E-state index is 0.152. The Bertz CT molecular complexity index is 381. The van der Waals surface area contributed by atoms with Crippen LogP contribution in [0.25, 0.3) is 0 Å². The van der Waals surface area contributed by atoms with Crippen molar-refractivity contribution in [3.8, 4) is 0 Å². The van der Waals surface area contributed by atoms with Gasteiger partial charge in [-0.3, -0.25) is 4.79 Å². The first kappa shape index (κ1) is 10.0. The molecule has 3 rings (SSSR count). The van der Waals surface area contributed by atoms with Gasteiger partial charge in [-0.15, -0.1) is 0 Å². The van der Waals surface area contributed by atoms with Crippen molar-refractivity contribution in [3.05, 3.63) is 35.9 Å². The van der Waals surface area contributed by atoms with Crippen molar-refractivity contribution in [1.82, 2.24) is 5.32 Å². The summed E-state index contributed by atoms with van der Waals surface area (Å²) in [5.74, 6) is 1.24. The van der Waals surface area contributed by atoms with Crippen LogP contribution in [0.2, 0.25) is 0 Å². The average Bonchev–Trinajstić information content (AvgIpc) is 2.95. The second kappa shape index (κ2) is 4.02. The van der Waals surface area contributed by atoms with Crippen LogP contribution < -0.4 is 5.32 Å². The first-order valence-corrected chi connectivity index (χ1v) is 6.18. The van der Waals surface area contributed by atoms with Gasteiger partial charge in [-0.1, -0.05) is 30.3 Å². The van der Waals surface area contributed by atoms with Crippen LogP contribution in [0, 0.1) is 5.92 Å². The fourth-order valence-corrected chi connectivity index (χ4v) is 2.76. The SMILES string of the molecule is O=C(C1CCCN1)C1CC1c1ccccc1. The molecule has 1 heterocycles. The molecule has 0 aromatic heterocycles. The maximum absolute atomic E-state index is 12.1. The predicted molar refractivity (Wildman–Crippen MR) is 63.3 cm³/mol. The minimum Gasteiger partial charge on any atom is -0.307 e. The Balaban J connectivity index is 1.65. The van der Waals surface area contributed by atoms with Gasteiger partial charge in [-0.2, -0.15) is 0 Å². The van der Waals surface area contributed by atoms with Gasteiger partial charge in [-0.05, 0) is 37.3 Å². The number of rotatable bonds is 3. The van der Waals surface area contributed by atoms with Crippen LogP contribution in [-0.4, -0.2) is 18.4 Å². The van der Waals surface area contributed by atoms with E-state index in [9.17, 15) is 4.79 Å². The van der Waals surface area contributed by atoms with Crippen molar-refractivity contribution in [2.75, 3.05) is 6.54 Å². The zero-order valence-electron chi connectivity index (χ0n) is 9.36. The summed E-state index contributed by atoms with van der Waals surface area (Å²) in [6.45, 7) is 1.01. The summed E-state index contributed by atoms with van der Waals surface area (Å²) in [4.78, 5) is 12.1. The molecule has 0 amide bonds. The summed E-state index contributed by atoms with van der Waals surface area (Å²) in [7, 11) is 0. The van der Waals surface area contributed by atoms with Crippen molar-refractivity contribution < 1.29 is 4.79 Å². The van der Waals surface area contributed by atoms with E-state index < -0.39 is 0 Å². The molecular formula is C14H17NO. The molecule has 0 radical (unpaired) electrons. The predicted octanol–water partition coefficient (Wildman–Crippen LogP) is 2.11. The summed E-state index contributed by atoms with van der Waals surface area (Å²) in [5.41, 5.74) is 1.33. The lowest BCUT2D eigenvalue weighted by molar-refractivity contribution is -0.122. The van der Waals surface area contributed by atoms with Gasteiger partial charge in [0.25, 0.3) is 0 Å². The summed E-state index contributed by atoms with van der Waals surface area (Å²) >= 11 is 0. The number of benzene rings is 1. The highest BCUT2D eigenvalue weighted by Crippen LogP contribution is 2.48. The van der Waals surface area contributed by atoms with Gasteiger partial charge in [0.1, 0.15) is 0 Å². The molecular weight excluding hydrogens is 198 g/mol. The third kappa shape index (κ3) is 1.78. The molecule has 2 nitrogen and oxygen atoms in total. The standard InChI is InChI=1S/C14H17NO/c16-14(13-7-4-8-15-13)12-9-11(12)10-5-2-1-3-6-10/h1-3,5-6,11-13,15H,4,7-9H2. The molecule has 1 saturated heterocycles. The molecule has 1 aliphatic carbocycles. The summed E-state index contributed by atoms with van der Waals surface area (Å²) in [6, 6.07) is 10.6. The Morgan fingerprint density at radius 1 is 1.25 bits per heavy atom. The van der Waals surface area contributed by atoms with Gasteiger partial charge in [0, 0.05) is 5.92 Å². The zero-order chi connectivity index (χ0) is 11.0. The van der Waals surface area contributed by atoms with E-state index in [1.54, 1.807) is 0 Å². The van der Waals surface area contributed by atoms with E-state index in [1.807, 2.05) is 6.07 Å². The molecule has 2 aliphatic rings. The number of Topliss-reactive ketones (excluding diaryl/α,β-unsaturated/α-hetero) is 1. The highest BCUT2D eigenvalue weighted by molar-refractivity contribution is 5.90. The van der Waals surface area contributed by atoms with Gasteiger partial charge in [-0.25, -0.2) is 0 Å². The van der Waals surface area contributed by atoms with Crippen molar-refractivity contribution >= 4 is 5.78 Å². The summed E-state index contributed by atoms with van der Waals surface area (Å²) < 4.78 is 0. The fourth-order valence-electron chi connectivity index (χ4n) is 2.76. The zero-order valence-corrected chi connectivity index (χ0v) is 9.36. The lowest BCUT2D eigenvalue weighted by Crippen LogP contribution is -2.32. The molecule has 1 aromatic carbocycles. The van der Waals surface area contributed by atoms with E-state index in [0.29, 0.717) is 11.7 Å². The van der Waals surface area contributed by atoms with Crippen LogP contribution in [0.5, 0.6) is 0 Å². The van der Waals surface area contributed by atoms with E-state index in [1.165, 1.54) is 5.56 Å². The minimum absolute atomic E-state index is 0.152. The molecule has 0 bridgehead atoms. The van der Waals surface area contributed by atoms with Crippen molar-refractivity contribution in [1.29, 1.82) is 0 Å².